The lowest BCUT2D eigenvalue weighted by Gasteiger charge is -2.47. The molecule has 0 N–H and O–H groups in total. The second-order valence-corrected chi connectivity index (χ2v) is 5.48. The van der Waals surface area contributed by atoms with Crippen molar-refractivity contribution >= 4 is 5.78 Å². The van der Waals surface area contributed by atoms with Crippen LogP contribution in [0.25, 0.3) is 0 Å². The number of hydrogen-bond acceptors (Lipinski definition) is 3. The van der Waals surface area contributed by atoms with Gasteiger partial charge < -0.3 is 4.74 Å². The molecule has 0 aromatic carbocycles. The standard InChI is InChI=1S/C13H21NO2/c1-2-16-13-7-11(8-13)14-9-3-4-10(14)6-12(15)5-9/h9-11,13H,2-8H2,1H3. The minimum absolute atomic E-state index is 0.490. The number of rotatable bonds is 3. The summed E-state index contributed by atoms with van der Waals surface area (Å²) in [5.41, 5.74) is 0. The van der Waals surface area contributed by atoms with Crippen molar-refractivity contribution in [3.8, 4) is 0 Å². The lowest BCUT2D eigenvalue weighted by atomic mass is 9.84. The van der Waals surface area contributed by atoms with Crippen LogP contribution >= 0.6 is 0 Å². The van der Waals surface area contributed by atoms with E-state index >= 15 is 0 Å². The van der Waals surface area contributed by atoms with E-state index in [9.17, 15) is 4.79 Å². The van der Waals surface area contributed by atoms with E-state index in [0.29, 0.717) is 30.0 Å². The van der Waals surface area contributed by atoms with E-state index in [-0.39, 0.29) is 0 Å². The molecule has 3 rings (SSSR count). The minimum Gasteiger partial charge on any atom is -0.378 e. The predicted octanol–water partition coefficient (Wildman–Crippen LogP) is 1.75. The highest BCUT2D eigenvalue weighted by Crippen LogP contribution is 2.41. The summed E-state index contributed by atoms with van der Waals surface area (Å²) in [7, 11) is 0. The largest absolute Gasteiger partial charge is 0.378 e. The Morgan fingerprint density at radius 1 is 1.19 bits per heavy atom. The summed E-state index contributed by atoms with van der Waals surface area (Å²) in [5, 5.41) is 0. The third kappa shape index (κ3) is 1.70. The fourth-order valence-electron chi connectivity index (χ4n) is 3.75. The van der Waals surface area contributed by atoms with Crippen molar-refractivity contribution in [2.45, 2.75) is 69.7 Å². The fraction of sp³-hybridized carbons (Fsp3) is 0.923. The average molecular weight is 223 g/mol. The van der Waals surface area contributed by atoms with Crippen LogP contribution in [0.1, 0.15) is 45.4 Å². The van der Waals surface area contributed by atoms with Crippen LogP contribution in [-0.2, 0) is 9.53 Å². The van der Waals surface area contributed by atoms with E-state index in [1.807, 2.05) is 0 Å². The molecular formula is C13H21NO2. The van der Waals surface area contributed by atoms with E-state index in [1.165, 1.54) is 25.7 Å². The van der Waals surface area contributed by atoms with Gasteiger partial charge >= 0.3 is 0 Å². The van der Waals surface area contributed by atoms with Gasteiger partial charge in [0.05, 0.1) is 6.10 Å². The first-order valence-corrected chi connectivity index (χ1v) is 6.68. The van der Waals surface area contributed by atoms with Crippen LogP contribution in [0.2, 0.25) is 0 Å². The summed E-state index contributed by atoms with van der Waals surface area (Å²) in [6, 6.07) is 1.85. The third-order valence-electron chi connectivity index (χ3n) is 4.50. The lowest BCUT2D eigenvalue weighted by molar-refractivity contribution is -0.127. The fourth-order valence-corrected chi connectivity index (χ4v) is 3.75. The Labute approximate surface area is 97.1 Å². The van der Waals surface area contributed by atoms with E-state index < -0.39 is 0 Å². The molecule has 3 aliphatic rings. The molecule has 2 saturated heterocycles. The molecule has 0 aromatic rings. The molecule has 3 heteroatoms. The van der Waals surface area contributed by atoms with Gasteiger partial charge in [-0.15, -0.1) is 0 Å². The number of ketones is 1. The first kappa shape index (κ1) is 10.7. The molecule has 16 heavy (non-hydrogen) atoms. The molecule has 2 heterocycles. The number of piperidine rings is 1. The van der Waals surface area contributed by atoms with Gasteiger partial charge in [0, 0.05) is 37.6 Å². The summed E-state index contributed by atoms with van der Waals surface area (Å²) >= 11 is 0. The van der Waals surface area contributed by atoms with E-state index in [2.05, 4.69) is 11.8 Å². The van der Waals surface area contributed by atoms with Crippen molar-refractivity contribution in [2.75, 3.05) is 6.61 Å². The molecule has 0 aromatic heterocycles. The average Bonchev–Trinajstić information content (AvgIpc) is 2.44. The molecule has 90 valence electrons. The molecule has 0 spiro atoms. The number of fused-ring (bicyclic) bond motifs is 2. The maximum atomic E-state index is 11.5. The smallest absolute Gasteiger partial charge is 0.136 e. The van der Waals surface area contributed by atoms with Gasteiger partial charge in [-0.1, -0.05) is 0 Å². The van der Waals surface area contributed by atoms with Gasteiger partial charge in [0.1, 0.15) is 5.78 Å². The van der Waals surface area contributed by atoms with Crippen LogP contribution in [0, 0.1) is 0 Å². The van der Waals surface area contributed by atoms with Gasteiger partial charge in [-0.05, 0) is 32.6 Å². The Hall–Kier alpha value is -0.410. The van der Waals surface area contributed by atoms with Crippen molar-refractivity contribution in [1.29, 1.82) is 0 Å². The van der Waals surface area contributed by atoms with Crippen LogP contribution in [0.15, 0.2) is 0 Å². The minimum atomic E-state index is 0.490. The molecule has 1 saturated carbocycles. The summed E-state index contributed by atoms with van der Waals surface area (Å²) in [4.78, 5) is 14.2. The number of ether oxygens (including phenoxy) is 1. The zero-order valence-corrected chi connectivity index (χ0v) is 10.0. The zero-order chi connectivity index (χ0) is 11.1. The van der Waals surface area contributed by atoms with Gasteiger partial charge in [0.2, 0.25) is 0 Å². The van der Waals surface area contributed by atoms with Gasteiger partial charge in [-0.3, -0.25) is 9.69 Å². The highest BCUT2D eigenvalue weighted by Gasteiger charge is 2.47. The summed E-state index contributed by atoms with van der Waals surface area (Å²) < 4.78 is 5.62. The van der Waals surface area contributed by atoms with Crippen LogP contribution in [0.5, 0.6) is 0 Å². The molecule has 0 radical (unpaired) electrons. The molecule has 2 unspecified atom stereocenters. The van der Waals surface area contributed by atoms with E-state index in [1.54, 1.807) is 0 Å². The lowest BCUT2D eigenvalue weighted by Crippen LogP contribution is -2.55. The number of nitrogens with zero attached hydrogens (tertiary/aromatic N) is 1. The molecule has 3 fully saturated rings. The number of Topliss-reactive ketones (excluding diaryl/α,β-unsaturated/α-hetero) is 1. The SMILES string of the molecule is CCOC1CC(N2C3CCC2CC(=O)C3)C1. The highest BCUT2D eigenvalue weighted by molar-refractivity contribution is 5.81. The van der Waals surface area contributed by atoms with Crippen molar-refractivity contribution in [1.82, 2.24) is 4.90 Å². The van der Waals surface area contributed by atoms with E-state index in [4.69, 9.17) is 4.74 Å². The molecule has 3 nitrogen and oxygen atoms in total. The first-order chi connectivity index (χ1) is 7.78. The summed E-state index contributed by atoms with van der Waals surface area (Å²) in [6.07, 6.45) is 6.98. The molecule has 2 aliphatic heterocycles. The second kappa shape index (κ2) is 4.11. The maximum Gasteiger partial charge on any atom is 0.136 e. The number of carbonyl (C=O) groups excluding carboxylic acids is 1. The molecule has 2 atom stereocenters. The van der Waals surface area contributed by atoms with Gasteiger partial charge in [-0.2, -0.15) is 0 Å². The van der Waals surface area contributed by atoms with Crippen LogP contribution in [-0.4, -0.2) is 41.5 Å². The van der Waals surface area contributed by atoms with Crippen LogP contribution in [0.3, 0.4) is 0 Å². The Bertz CT molecular complexity index is 270. The Balaban J connectivity index is 1.59. The van der Waals surface area contributed by atoms with Crippen LogP contribution < -0.4 is 0 Å². The Morgan fingerprint density at radius 2 is 1.81 bits per heavy atom. The quantitative estimate of drug-likeness (QED) is 0.730. The highest BCUT2D eigenvalue weighted by atomic mass is 16.5. The maximum absolute atomic E-state index is 11.5. The molecule has 2 bridgehead atoms. The van der Waals surface area contributed by atoms with Crippen molar-refractivity contribution in [3.63, 3.8) is 0 Å². The topological polar surface area (TPSA) is 29.5 Å². The monoisotopic (exact) mass is 223 g/mol. The normalized spacial score (nSPS) is 43.4. The first-order valence-electron chi connectivity index (χ1n) is 6.68. The van der Waals surface area contributed by atoms with Crippen molar-refractivity contribution in [3.05, 3.63) is 0 Å². The molecular weight excluding hydrogens is 202 g/mol. The Kier molecular flexibility index (Phi) is 2.76. The van der Waals surface area contributed by atoms with Gasteiger partial charge in [0.15, 0.2) is 0 Å². The molecule has 1 aliphatic carbocycles. The van der Waals surface area contributed by atoms with Crippen molar-refractivity contribution in [2.24, 2.45) is 0 Å². The number of carbonyl (C=O) groups is 1. The third-order valence-corrected chi connectivity index (χ3v) is 4.50. The summed E-state index contributed by atoms with van der Waals surface area (Å²) in [6.45, 7) is 2.90. The second-order valence-electron chi connectivity index (χ2n) is 5.48. The zero-order valence-electron chi connectivity index (χ0n) is 10.0. The number of hydrogen-bond donors (Lipinski definition) is 0. The Morgan fingerprint density at radius 3 is 2.38 bits per heavy atom. The van der Waals surface area contributed by atoms with Gasteiger partial charge in [0.25, 0.3) is 0 Å². The molecule has 0 amide bonds. The van der Waals surface area contributed by atoms with Crippen molar-refractivity contribution < 1.29 is 9.53 Å². The predicted molar refractivity (Wildman–Crippen MR) is 61.3 cm³/mol. The van der Waals surface area contributed by atoms with Gasteiger partial charge in [-0.25, -0.2) is 0 Å². The summed E-state index contributed by atoms with van der Waals surface area (Å²) in [5.74, 6) is 0.490. The van der Waals surface area contributed by atoms with E-state index in [0.717, 1.165) is 19.4 Å². The van der Waals surface area contributed by atoms with Crippen LogP contribution in [0.4, 0.5) is 0 Å².